The molecule has 2 saturated heterocycles. The lowest BCUT2D eigenvalue weighted by Crippen LogP contribution is -2.32. The second kappa shape index (κ2) is 9.05. The summed E-state index contributed by atoms with van der Waals surface area (Å²) < 4.78 is 27.8. The Morgan fingerprint density at radius 1 is 1.07 bits per heavy atom. The van der Waals surface area contributed by atoms with Crippen LogP contribution in [0.3, 0.4) is 0 Å². The number of nitrogens with one attached hydrogen (secondary N) is 1. The Kier molecular flexibility index (Phi) is 6.72. The molecular weight excluding hydrogens is 378 g/mol. The number of carbonyl (C=O) groups is 2. The van der Waals surface area contributed by atoms with Gasteiger partial charge < -0.3 is 10.2 Å². The molecule has 2 aliphatic rings. The zero-order valence-electron chi connectivity index (χ0n) is 16.4. The van der Waals surface area contributed by atoms with Gasteiger partial charge in [-0.1, -0.05) is 18.9 Å². The molecule has 0 aliphatic carbocycles. The smallest absolute Gasteiger partial charge is 0.243 e. The molecule has 1 N–H and O–H groups in total. The Hall–Kier alpha value is -1.93. The number of amides is 2. The van der Waals surface area contributed by atoms with Crippen molar-refractivity contribution in [3.63, 3.8) is 0 Å². The van der Waals surface area contributed by atoms with Gasteiger partial charge in [-0.2, -0.15) is 4.31 Å². The highest BCUT2D eigenvalue weighted by molar-refractivity contribution is 7.89. The minimum absolute atomic E-state index is 0.0916. The van der Waals surface area contributed by atoms with Gasteiger partial charge >= 0.3 is 0 Å². The van der Waals surface area contributed by atoms with E-state index in [0.29, 0.717) is 43.9 Å². The molecule has 2 heterocycles. The van der Waals surface area contributed by atoms with Crippen LogP contribution in [0.1, 0.15) is 50.5 Å². The number of likely N-dealkylation sites (tertiary alicyclic amines) is 1. The number of carbonyl (C=O) groups excluding carboxylic acids is 2. The van der Waals surface area contributed by atoms with Gasteiger partial charge in [0.25, 0.3) is 0 Å². The van der Waals surface area contributed by atoms with E-state index in [2.05, 4.69) is 5.32 Å². The second-order valence-electron chi connectivity index (χ2n) is 7.58. The summed E-state index contributed by atoms with van der Waals surface area (Å²) in [4.78, 5) is 25.8. The molecule has 0 spiro atoms. The Bertz CT molecular complexity index is 830. The predicted molar refractivity (Wildman–Crippen MR) is 107 cm³/mol. The van der Waals surface area contributed by atoms with Crippen LogP contribution in [0.2, 0.25) is 0 Å². The standard InChI is InChI=1S/C20H29N3O4S/c1-16-8-9-17(21-19(24)10-14-22-11-6-7-20(22)25)15-18(16)28(26,27)23-12-4-2-3-5-13-23/h8-9,15H,2-7,10-14H2,1H3,(H,21,24). The van der Waals surface area contributed by atoms with Gasteiger partial charge in [0, 0.05) is 44.7 Å². The maximum atomic E-state index is 13.1. The quantitative estimate of drug-likeness (QED) is 0.785. The van der Waals surface area contributed by atoms with Gasteiger partial charge in [0.15, 0.2) is 0 Å². The lowest BCUT2D eigenvalue weighted by Gasteiger charge is -2.21. The molecule has 2 fully saturated rings. The first-order valence-corrected chi connectivity index (χ1v) is 11.5. The summed E-state index contributed by atoms with van der Waals surface area (Å²) in [5, 5.41) is 2.78. The summed E-state index contributed by atoms with van der Waals surface area (Å²) in [6, 6.07) is 4.99. The van der Waals surface area contributed by atoms with Gasteiger partial charge in [-0.15, -0.1) is 0 Å². The molecule has 1 aromatic rings. The van der Waals surface area contributed by atoms with Crippen molar-refractivity contribution in [3.05, 3.63) is 23.8 Å². The molecule has 0 unspecified atom stereocenters. The summed E-state index contributed by atoms with van der Waals surface area (Å²) in [7, 11) is -3.58. The first kappa shape index (κ1) is 20.8. The fraction of sp³-hybridized carbons (Fsp3) is 0.600. The van der Waals surface area contributed by atoms with E-state index in [1.54, 1.807) is 34.3 Å². The normalized spacial score (nSPS) is 18.9. The van der Waals surface area contributed by atoms with Crippen LogP contribution in [0, 0.1) is 6.92 Å². The second-order valence-corrected chi connectivity index (χ2v) is 9.49. The SMILES string of the molecule is Cc1ccc(NC(=O)CCN2CCCC2=O)cc1S(=O)(=O)N1CCCCCC1. The van der Waals surface area contributed by atoms with Crippen molar-refractivity contribution in [2.75, 3.05) is 31.5 Å². The number of nitrogens with zero attached hydrogens (tertiary/aromatic N) is 2. The number of hydrogen-bond donors (Lipinski definition) is 1. The van der Waals surface area contributed by atoms with Crippen molar-refractivity contribution in [2.24, 2.45) is 0 Å². The first-order valence-electron chi connectivity index (χ1n) is 10.1. The summed E-state index contributed by atoms with van der Waals surface area (Å²) in [5.74, 6) is -0.129. The van der Waals surface area contributed by atoms with Crippen molar-refractivity contribution < 1.29 is 18.0 Å². The van der Waals surface area contributed by atoms with Gasteiger partial charge in [0.2, 0.25) is 21.8 Å². The Balaban J connectivity index is 1.68. The largest absolute Gasteiger partial charge is 0.342 e. The number of rotatable bonds is 6. The maximum Gasteiger partial charge on any atom is 0.243 e. The molecule has 28 heavy (non-hydrogen) atoms. The van der Waals surface area contributed by atoms with Crippen LogP contribution in [0.15, 0.2) is 23.1 Å². The van der Waals surface area contributed by atoms with E-state index in [1.165, 1.54) is 0 Å². The average Bonchev–Trinajstić information content (AvgIpc) is 2.90. The van der Waals surface area contributed by atoms with Crippen molar-refractivity contribution in [1.82, 2.24) is 9.21 Å². The van der Waals surface area contributed by atoms with Crippen LogP contribution < -0.4 is 5.32 Å². The molecule has 0 aromatic heterocycles. The van der Waals surface area contributed by atoms with Crippen molar-refractivity contribution in [1.29, 1.82) is 0 Å². The molecular formula is C20H29N3O4S. The van der Waals surface area contributed by atoms with Gasteiger partial charge in [0.1, 0.15) is 0 Å². The summed E-state index contributed by atoms with van der Waals surface area (Å²) in [6.07, 6.45) is 5.47. The van der Waals surface area contributed by atoms with Gasteiger partial charge in [-0.25, -0.2) is 8.42 Å². The highest BCUT2D eigenvalue weighted by Crippen LogP contribution is 2.26. The topological polar surface area (TPSA) is 86.8 Å². The Morgan fingerprint density at radius 3 is 2.43 bits per heavy atom. The number of sulfonamides is 1. The molecule has 0 saturated carbocycles. The van der Waals surface area contributed by atoms with Crippen LogP contribution in [0.5, 0.6) is 0 Å². The summed E-state index contributed by atoms with van der Waals surface area (Å²) in [6.45, 7) is 3.96. The average molecular weight is 408 g/mol. The molecule has 0 radical (unpaired) electrons. The molecule has 2 aliphatic heterocycles. The highest BCUT2D eigenvalue weighted by Gasteiger charge is 2.27. The third kappa shape index (κ3) is 4.91. The fourth-order valence-corrected chi connectivity index (χ4v) is 5.55. The fourth-order valence-electron chi connectivity index (χ4n) is 3.78. The van der Waals surface area contributed by atoms with E-state index in [1.807, 2.05) is 0 Å². The minimum atomic E-state index is -3.58. The van der Waals surface area contributed by atoms with Gasteiger partial charge in [-0.05, 0) is 43.9 Å². The van der Waals surface area contributed by atoms with E-state index in [-0.39, 0.29) is 23.1 Å². The van der Waals surface area contributed by atoms with Crippen molar-refractivity contribution >= 4 is 27.5 Å². The molecule has 7 nitrogen and oxygen atoms in total. The van der Waals surface area contributed by atoms with Crippen molar-refractivity contribution in [2.45, 2.75) is 56.8 Å². The molecule has 8 heteroatoms. The minimum Gasteiger partial charge on any atom is -0.342 e. The first-order chi connectivity index (χ1) is 13.4. The van der Waals surface area contributed by atoms with E-state index in [9.17, 15) is 18.0 Å². The van der Waals surface area contributed by atoms with Crippen LogP contribution in [-0.4, -0.2) is 55.6 Å². The molecule has 1 aromatic carbocycles. The van der Waals surface area contributed by atoms with E-state index in [0.717, 1.165) is 32.1 Å². The molecule has 0 bridgehead atoms. The lowest BCUT2D eigenvalue weighted by molar-refractivity contribution is -0.128. The van der Waals surface area contributed by atoms with Crippen LogP contribution >= 0.6 is 0 Å². The predicted octanol–water partition coefficient (Wildman–Crippen LogP) is 2.51. The van der Waals surface area contributed by atoms with Crippen molar-refractivity contribution in [3.8, 4) is 0 Å². The van der Waals surface area contributed by atoms with E-state index >= 15 is 0 Å². The zero-order valence-corrected chi connectivity index (χ0v) is 17.3. The zero-order chi connectivity index (χ0) is 20.1. The molecule has 3 rings (SSSR count). The monoisotopic (exact) mass is 407 g/mol. The molecule has 0 atom stereocenters. The van der Waals surface area contributed by atoms with Gasteiger partial charge in [0.05, 0.1) is 4.90 Å². The van der Waals surface area contributed by atoms with Crippen LogP contribution in [0.25, 0.3) is 0 Å². The van der Waals surface area contributed by atoms with Gasteiger partial charge in [-0.3, -0.25) is 9.59 Å². The van der Waals surface area contributed by atoms with E-state index in [4.69, 9.17) is 0 Å². The third-order valence-electron chi connectivity index (χ3n) is 5.43. The number of benzene rings is 1. The van der Waals surface area contributed by atoms with Crippen LogP contribution in [-0.2, 0) is 19.6 Å². The number of aryl methyl sites for hydroxylation is 1. The van der Waals surface area contributed by atoms with Crippen LogP contribution in [0.4, 0.5) is 5.69 Å². The Labute approximate surface area is 167 Å². The summed E-state index contributed by atoms with van der Waals surface area (Å²) in [5.41, 5.74) is 1.14. The number of hydrogen-bond acceptors (Lipinski definition) is 4. The lowest BCUT2D eigenvalue weighted by atomic mass is 10.2. The Morgan fingerprint density at radius 2 is 1.79 bits per heavy atom. The molecule has 2 amide bonds. The van der Waals surface area contributed by atoms with E-state index < -0.39 is 10.0 Å². The maximum absolute atomic E-state index is 13.1. The third-order valence-corrected chi connectivity index (χ3v) is 7.48. The molecule has 154 valence electrons. The highest BCUT2D eigenvalue weighted by atomic mass is 32.2. The summed E-state index contributed by atoms with van der Waals surface area (Å²) >= 11 is 0. The number of anilines is 1.